The normalized spacial score (nSPS) is 22.0. The lowest BCUT2D eigenvalue weighted by Gasteiger charge is -2.45. The zero-order chi connectivity index (χ0) is 19.9. The van der Waals surface area contributed by atoms with Gasteiger partial charge in [0, 0.05) is 31.8 Å². The van der Waals surface area contributed by atoms with Gasteiger partial charge in [-0.1, -0.05) is 26.0 Å². The number of ketones is 1. The summed E-state index contributed by atoms with van der Waals surface area (Å²) in [5, 5.41) is 13.5. The standard InChI is InChI=1S/C21H26N4O2/c1-21(2)10-16-19(17(26)11-21)18(13-7-6-8-14(9-13)27-5)15(12-22)20(23)25(16)24(3)4/h6-9,18H,10-11,23H2,1-5H3/t18-/m1/s1. The molecule has 2 aliphatic rings. The van der Waals surface area contributed by atoms with Crippen LogP contribution >= 0.6 is 0 Å². The van der Waals surface area contributed by atoms with Gasteiger partial charge in [-0.3, -0.25) is 9.80 Å². The van der Waals surface area contributed by atoms with Crippen molar-refractivity contribution in [1.82, 2.24) is 10.0 Å². The highest BCUT2D eigenvalue weighted by Gasteiger charge is 2.44. The second-order valence-corrected chi connectivity index (χ2v) is 8.08. The van der Waals surface area contributed by atoms with Gasteiger partial charge in [-0.05, 0) is 29.5 Å². The second-order valence-electron chi connectivity index (χ2n) is 8.08. The van der Waals surface area contributed by atoms with E-state index in [1.165, 1.54) is 0 Å². The van der Waals surface area contributed by atoms with Gasteiger partial charge in [-0.15, -0.1) is 0 Å². The first-order chi connectivity index (χ1) is 12.7. The summed E-state index contributed by atoms with van der Waals surface area (Å²) >= 11 is 0. The number of nitrogens with two attached hydrogens (primary N) is 1. The number of hydrazine groups is 1. The zero-order valence-corrected chi connectivity index (χ0v) is 16.5. The summed E-state index contributed by atoms with van der Waals surface area (Å²) in [5.41, 5.74) is 9.06. The van der Waals surface area contributed by atoms with Crippen molar-refractivity contribution < 1.29 is 9.53 Å². The van der Waals surface area contributed by atoms with Crippen molar-refractivity contribution in [2.75, 3.05) is 21.2 Å². The van der Waals surface area contributed by atoms with Gasteiger partial charge in [0.1, 0.15) is 11.6 Å². The molecule has 1 aromatic carbocycles. The van der Waals surface area contributed by atoms with Crippen molar-refractivity contribution in [3.8, 4) is 11.8 Å². The number of nitriles is 1. The van der Waals surface area contributed by atoms with Crippen LogP contribution in [0.2, 0.25) is 0 Å². The van der Waals surface area contributed by atoms with Gasteiger partial charge < -0.3 is 10.5 Å². The maximum Gasteiger partial charge on any atom is 0.162 e. The van der Waals surface area contributed by atoms with Crippen molar-refractivity contribution >= 4 is 5.78 Å². The third-order valence-electron chi connectivity index (χ3n) is 5.18. The molecule has 0 bridgehead atoms. The Kier molecular flexibility index (Phi) is 4.75. The van der Waals surface area contributed by atoms with Crippen molar-refractivity contribution in [3.05, 3.63) is 52.5 Å². The molecule has 0 aromatic heterocycles. The molecule has 0 amide bonds. The molecular formula is C21H26N4O2. The maximum absolute atomic E-state index is 13.2. The molecule has 1 aliphatic heterocycles. The third-order valence-corrected chi connectivity index (χ3v) is 5.18. The molecule has 0 radical (unpaired) electrons. The van der Waals surface area contributed by atoms with E-state index in [0.29, 0.717) is 35.6 Å². The van der Waals surface area contributed by atoms with Gasteiger partial charge in [0.2, 0.25) is 0 Å². The van der Waals surface area contributed by atoms with Gasteiger partial charge in [0.25, 0.3) is 0 Å². The topological polar surface area (TPSA) is 82.6 Å². The Morgan fingerprint density at radius 1 is 1.33 bits per heavy atom. The van der Waals surface area contributed by atoms with E-state index in [9.17, 15) is 10.1 Å². The number of carbonyl (C=O) groups excluding carboxylic acids is 1. The molecule has 1 aliphatic carbocycles. The molecule has 0 saturated heterocycles. The molecule has 2 N–H and O–H groups in total. The molecular weight excluding hydrogens is 340 g/mol. The average Bonchev–Trinajstić information content (AvgIpc) is 2.59. The summed E-state index contributed by atoms with van der Waals surface area (Å²) in [7, 11) is 5.33. The SMILES string of the molecule is COc1cccc([C@@H]2C(C#N)=C(N)N(N(C)C)C3=C2C(=O)CC(C)(C)C3)c1. The van der Waals surface area contributed by atoms with E-state index >= 15 is 0 Å². The van der Waals surface area contributed by atoms with Crippen LogP contribution in [-0.2, 0) is 4.79 Å². The molecule has 142 valence electrons. The van der Waals surface area contributed by atoms with Crippen LogP contribution in [0, 0.1) is 16.7 Å². The fourth-order valence-corrected chi connectivity index (χ4v) is 4.10. The highest BCUT2D eigenvalue weighted by atomic mass is 16.5. The predicted octanol–water partition coefficient (Wildman–Crippen LogP) is 2.91. The van der Waals surface area contributed by atoms with Gasteiger partial charge in [-0.25, -0.2) is 5.01 Å². The molecule has 6 heteroatoms. The van der Waals surface area contributed by atoms with Crippen LogP contribution in [0.15, 0.2) is 46.9 Å². The Labute approximate surface area is 160 Å². The Balaban J connectivity index is 2.28. The van der Waals surface area contributed by atoms with Gasteiger partial charge in [-0.2, -0.15) is 5.26 Å². The van der Waals surface area contributed by atoms with E-state index in [1.54, 1.807) is 7.11 Å². The minimum Gasteiger partial charge on any atom is -0.497 e. The third kappa shape index (κ3) is 3.19. The molecule has 0 unspecified atom stereocenters. The van der Waals surface area contributed by atoms with Gasteiger partial charge >= 0.3 is 0 Å². The Bertz CT molecular complexity index is 890. The smallest absolute Gasteiger partial charge is 0.162 e. The number of benzene rings is 1. The minimum atomic E-state index is -0.472. The summed E-state index contributed by atoms with van der Waals surface area (Å²) in [6.07, 6.45) is 1.16. The predicted molar refractivity (Wildman–Crippen MR) is 103 cm³/mol. The fraction of sp³-hybridized carbons (Fsp3) is 0.429. The van der Waals surface area contributed by atoms with Gasteiger partial charge in [0.05, 0.1) is 24.7 Å². The highest BCUT2D eigenvalue weighted by Crippen LogP contribution is 2.49. The van der Waals surface area contributed by atoms with E-state index in [4.69, 9.17) is 10.5 Å². The van der Waals surface area contributed by atoms with Crippen molar-refractivity contribution in [1.29, 1.82) is 5.26 Å². The number of hydrogen-bond donors (Lipinski definition) is 1. The monoisotopic (exact) mass is 366 g/mol. The summed E-state index contributed by atoms with van der Waals surface area (Å²) in [5.74, 6) is 0.657. The number of hydrogen-bond acceptors (Lipinski definition) is 6. The largest absolute Gasteiger partial charge is 0.497 e. The van der Waals surface area contributed by atoms with Gasteiger partial charge in [0.15, 0.2) is 5.78 Å². The van der Waals surface area contributed by atoms with Crippen molar-refractivity contribution in [2.24, 2.45) is 11.1 Å². The lowest BCUT2D eigenvalue weighted by molar-refractivity contribution is -0.119. The van der Waals surface area contributed by atoms with Crippen LogP contribution in [-0.4, -0.2) is 37.0 Å². The molecule has 3 rings (SSSR count). The first kappa shape index (κ1) is 19.0. The van der Waals surface area contributed by atoms with Crippen LogP contribution in [0.5, 0.6) is 5.75 Å². The first-order valence-electron chi connectivity index (χ1n) is 8.97. The van der Waals surface area contributed by atoms with Crippen molar-refractivity contribution in [2.45, 2.75) is 32.6 Å². The number of nitrogens with zero attached hydrogens (tertiary/aromatic N) is 3. The molecule has 0 spiro atoms. The number of allylic oxidation sites excluding steroid dienone is 3. The first-order valence-corrected chi connectivity index (χ1v) is 8.97. The summed E-state index contributed by atoms with van der Waals surface area (Å²) in [4.78, 5) is 13.2. The molecule has 1 heterocycles. The quantitative estimate of drug-likeness (QED) is 0.886. The number of methoxy groups -OCH3 is 1. The zero-order valence-electron chi connectivity index (χ0n) is 16.5. The lowest BCUT2D eigenvalue weighted by atomic mass is 9.69. The minimum absolute atomic E-state index is 0.0705. The van der Waals surface area contributed by atoms with Crippen LogP contribution < -0.4 is 10.5 Å². The number of carbonyl (C=O) groups is 1. The van der Waals surface area contributed by atoms with E-state index in [0.717, 1.165) is 11.3 Å². The highest BCUT2D eigenvalue weighted by molar-refractivity contribution is 6.00. The number of rotatable bonds is 3. The number of ether oxygens (including phenoxy) is 1. The molecule has 0 saturated carbocycles. The molecule has 6 nitrogen and oxygen atoms in total. The van der Waals surface area contributed by atoms with Crippen LogP contribution in [0.25, 0.3) is 0 Å². The van der Waals surface area contributed by atoms with E-state index in [-0.39, 0.29) is 11.2 Å². The molecule has 1 aromatic rings. The van der Waals surface area contributed by atoms with Crippen molar-refractivity contribution in [3.63, 3.8) is 0 Å². The summed E-state index contributed by atoms with van der Waals surface area (Å²) in [6, 6.07) is 9.76. The van der Waals surface area contributed by atoms with E-state index in [1.807, 2.05) is 48.4 Å². The van der Waals surface area contributed by atoms with Crippen LogP contribution in [0.3, 0.4) is 0 Å². The maximum atomic E-state index is 13.2. The lowest BCUT2D eigenvalue weighted by Crippen LogP contribution is -2.47. The molecule has 0 fully saturated rings. The average molecular weight is 366 g/mol. The summed E-state index contributed by atoms with van der Waals surface area (Å²) < 4.78 is 5.35. The molecule has 1 atom stereocenters. The Morgan fingerprint density at radius 2 is 2.04 bits per heavy atom. The van der Waals surface area contributed by atoms with E-state index in [2.05, 4.69) is 19.9 Å². The Hall–Kier alpha value is -2.78. The fourth-order valence-electron chi connectivity index (χ4n) is 4.10. The molecule has 27 heavy (non-hydrogen) atoms. The van der Waals surface area contributed by atoms with E-state index < -0.39 is 5.92 Å². The number of Topliss-reactive ketones (excluding diaryl/α,β-unsaturated/α-hetero) is 1. The van der Waals surface area contributed by atoms with Crippen LogP contribution in [0.1, 0.15) is 38.2 Å². The summed E-state index contributed by atoms with van der Waals surface area (Å²) in [6.45, 7) is 4.17. The van der Waals surface area contributed by atoms with Crippen LogP contribution in [0.4, 0.5) is 0 Å². The second kappa shape index (κ2) is 6.75. The Morgan fingerprint density at radius 3 is 2.63 bits per heavy atom.